The topological polar surface area (TPSA) is 30.5 Å². The lowest BCUT2D eigenvalue weighted by Crippen LogP contribution is -2.29. The molecule has 0 heterocycles. The highest BCUT2D eigenvalue weighted by Gasteiger charge is 2.19. The summed E-state index contributed by atoms with van der Waals surface area (Å²) in [4.78, 5) is 4.72. The van der Waals surface area contributed by atoms with Crippen LogP contribution in [0.25, 0.3) is 11.1 Å². The fourth-order valence-electron chi connectivity index (χ4n) is 6.71. The third-order valence-electron chi connectivity index (χ3n) is 9.30. The highest BCUT2D eigenvalue weighted by Crippen LogP contribution is 2.38. The molecule has 7 aromatic rings. The summed E-state index contributed by atoms with van der Waals surface area (Å²) in [5.74, 6) is 0. The third kappa shape index (κ3) is 7.52. The molecule has 0 aliphatic heterocycles. The second-order valence-electron chi connectivity index (χ2n) is 12.8. The largest absolute Gasteiger partial charge is 0.356 e. The van der Waals surface area contributed by atoms with Crippen molar-refractivity contribution in [3.63, 3.8) is 0 Å². The summed E-state index contributed by atoms with van der Waals surface area (Å²) in [5.41, 5.74) is 12.2. The lowest BCUT2D eigenvalue weighted by Gasteiger charge is -2.33. The number of para-hydroxylation sites is 3. The Bertz CT molecular complexity index is 2230. The van der Waals surface area contributed by atoms with Crippen LogP contribution in [0, 0.1) is 0 Å². The van der Waals surface area contributed by atoms with Crippen LogP contribution in [0.2, 0.25) is 0 Å². The molecule has 4 heteroatoms. The highest BCUT2D eigenvalue weighted by molar-refractivity contribution is 5.80. The van der Waals surface area contributed by atoms with Gasteiger partial charge in [-0.2, -0.15) is 0 Å². The van der Waals surface area contributed by atoms with E-state index in [1.807, 2.05) is 36.4 Å². The molecule has 1 atom stereocenters. The number of benzene rings is 7. The predicted molar refractivity (Wildman–Crippen MR) is 221 cm³/mol. The van der Waals surface area contributed by atoms with E-state index in [1.165, 1.54) is 11.1 Å². The van der Waals surface area contributed by atoms with Crippen LogP contribution >= 0.6 is 0 Å². The van der Waals surface area contributed by atoms with Crippen molar-refractivity contribution in [1.29, 1.82) is 0 Å². The summed E-state index contributed by atoms with van der Waals surface area (Å²) >= 11 is 0. The lowest BCUT2D eigenvalue weighted by atomic mass is 10.0. The molecule has 52 heavy (non-hydrogen) atoms. The molecule has 0 saturated carbocycles. The first kappa shape index (κ1) is 32.4. The van der Waals surface area contributed by atoms with Gasteiger partial charge in [0.15, 0.2) is 0 Å². The summed E-state index contributed by atoms with van der Waals surface area (Å²) in [6.45, 7) is 0. The Morgan fingerprint density at radius 3 is 1.21 bits per heavy atom. The van der Waals surface area contributed by atoms with Gasteiger partial charge in [0.1, 0.15) is 0 Å². The van der Waals surface area contributed by atoms with Gasteiger partial charge in [0.05, 0.1) is 6.04 Å². The van der Waals surface area contributed by atoms with Crippen molar-refractivity contribution in [3.8, 4) is 11.1 Å². The maximum atomic E-state index is 3.51. The van der Waals surface area contributed by atoms with Crippen LogP contribution in [0.1, 0.15) is 6.42 Å². The molecule has 4 nitrogen and oxygen atoms in total. The van der Waals surface area contributed by atoms with Gasteiger partial charge in [0.2, 0.25) is 0 Å². The first-order valence-electron chi connectivity index (χ1n) is 17.8. The summed E-state index contributed by atoms with van der Waals surface area (Å²) in [6, 6.07) is 66.4. The molecule has 0 saturated heterocycles. The monoisotopic (exact) mass is 672 g/mol. The van der Waals surface area contributed by atoms with Gasteiger partial charge in [0, 0.05) is 51.2 Å². The van der Waals surface area contributed by atoms with Crippen LogP contribution in [0.4, 0.5) is 51.2 Å². The molecule has 0 amide bonds. The Hall–Kier alpha value is -6.78. The zero-order valence-corrected chi connectivity index (χ0v) is 28.9. The second kappa shape index (κ2) is 15.4. The Labute approximate surface area is 306 Å². The second-order valence-corrected chi connectivity index (χ2v) is 12.8. The molecule has 1 aliphatic rings. The average molecular weight is 673 g/mol. The molecule has 0 radical (unpaired) electrons. The Morgan fingerprint density at radius 2 is 0.750 bits per heavy atom. The fourth-order valence-corrected chi connectivity index (χ4v) is 6.71. The van der Waals surface area contributed by atoms with E-state index in [-0.39, 0.29) is 6.04 Å². The normalized spacial score (nSPS) is 13.3. The van der Waals surface area contributed by atoms with E-state index in [9.17, 15) is 0 Å². The van der Waals surface area contributed by atoms with Gasteiger partial charge in [-0.05, 0) is 127 Å². The van der Waals surface area contributed by atoms with Crippen LogP contribution < -0.4 is 20.4 Å². The van der Waals surface area contributed by atoms with Gasteiger partial charge in [-0.1, -0.05) is 103 Å². The average Bonchev–Trinajstić information content (AvgIpc) is 3.22. The molecular formula is C48H40N4. The van der Waals surface area contributed by atoms with Crippen molar-refractivity contribution in [3.05, 3.63) is 212 Å². The lowest BCUT2D eigenvalue weighted by molar-refractivity contribution is 0.785. The summed E-state index contributed by atoms with van der Waals surface area (Å²) < 4.78 is 0. The minimum atomic E-state index is 0.232. The highest BCUT2D eigenvalue weighted by atomic mass is 15.2. The maximum Gasteiger partial charge on any atom is 0.0559 e. The minimum absolute atomic E-state index is 0.232. The molecule has 0 fully saturated rings. The zero-order chi connectivity index (χ0) is 35.0. The van der Waals surface area contributed by atoms with E-state index in [0.29, 0.717) is 0 Å². The van der Waals surface area contributed by atoms with Gasteiger partial charge in [-0.25, -0.2) is 0 Å². The van der Waals surface area contributed by atoms with Crippen LogP contribution in [0.5, 0.6) is 0 Å². The van der Waals surface area contributed by atoms with Gasteiger partial charge in [-0.15, -0.1) is 0 Å². The van der Waals surface area contributed by atoms with E-state index >= 15 is 0 Å². The molecule has 1 unspecified atom stereocenters. The van der Waals surface area contributed by atoms with Crippen molar-refractivity contribution in [2.24, 2.45) is 0 Å². The first-order chi connectivity index (χ1) is 25.8. The van der Waals surface area contributed by atoms with Crippen molar-refractivity contribution in [2.45, 2.75) is 12.5 Å². The predicted octanol–water partition coefficient (Wildman–Crippen LogP) is 13.3. The molecular weight excluding hydrogens is 633 g/mol. The molecule has 2 N–H and O–H groups in total. The number of nitrogens with one attached hydrogen (secondary N) is 2. The maximum absolute atomic E-state index is 3.51. The Morgan fingerprint density at radius 1 is 0.365 bits per heavy atom. The van der Waals surface area contributed by atoms with E-state index in [1.54, 1.807) is 0 Å². The fraction of sp³-hybridized carbons (Fsp3) is 0.0417. The SMILES string of the molecule is C1=CCC(N(c2ccc(Nc3ccccc3)cc2)c2ccc(-c3ccc(N(c4ccccc4)c4ccc(Nc5ccccc5)cc4)cc3)cc2)C=C1. The van der Waals surface area contributed by atoms with Gasteiger partial charge in [0.25, 0.3) is 0 Å². The molecule has 1 aliphatic carbocycles. The van der Waals surface area contributed by atoms with Gasteiger partial charge < -0.3 is 20.4 Å². The number of rotatable bonds is 11. The Kier molecular flexibility index (Phi) is 9.61. The molecule has 0 bridgehead atoms. The van der Waals surface area contributed by atoms with Crippen molar-refractivity contribution >= 4 is 51.2 Å². The zero-order valence-electron chi connectivity index (χ0n) is 28.9. The van der Waals surface area contributed by atoms with Crippen molar-refractivity contribution < 1.29 is 0 Å². The van der Waals surface area contributed by atoms with Crippen molar-refractivity contribution in [2.75, 3.05) is 20.4 Å². The number of nitrogens with zero attached hydrogens (tertiary/aromatic N) is 2. The summed E-state index contributed by atoms with van der Waals surface area (Å²) in [7, 11) is 0. The number of hydrogen-bond donors (Lipinski definition) is 2. The third-order valence-corrected chi connectivity index (χ3v) is 9.30. The first-order valence-corrected chi connectivity index (χ1v) is 17.8. The quantitative estimate of drug-likeness (QED) is 0.143. The molecule has 0 spiro atoms. The van der Waals surface area contributed by atoms with E-state index in [2.05, 4.69) is 196 Å². The van der Waals surface area contributed by atoms with Crippen LogP contribution in [0.3, 0.4) is 0 Å². The molecule has 0 aromatic heterocycles. The minimum Gasteiger partial charge on any atom is -0.356 e. The van der Waals surface area contributed by atoms with Crippen molar-refractivity contribution in [1.82, 2.24) is 0 Å². The van der Waals surface area contributed by atoms with Gasteiger partial charge >= 0.3 is 0 Å². The Balaban J connectivity index is 1.03. The number of anilines is 9. The number of hydrogen-bond acceptors (Lipinski definition) is 4. The van der Waals surface area contributed by atoms with Crippen LogP contribution in [-0.2, 0) is 0 Å². The molecule has 8 rings (SSSR count). The summed E-state index contributed by atoms with van der Waals surface area (Å²) in [5, 5.41) is 7.00. The smallest absolute Gasteiger partial charge is 0.0559 e. The molecule has 7 aromatic carbocycles. The van der Waals surface area contributed by atoms with E-state index < -0.39 is 0 Å². The van der Waals surface area contributed by atoms with Gasteiger partial charge in [-0.3, -0.25) is 0 Å². The van der Waals surface area contributed by atoms with E-state index in [0.717, 1.165) is 57.6 Å². The standard InChI is InChI=1S/C48H40N4/c1-5-13-39(14-6-1)49-41-25-33-47(34-26-41)51(43-17-9-3-10-18-43)45-29-21-37(22-30-45)38-23-31-46(32-24-38)52(44-19-11-4-12-20-44)48-35-27-42(28-36-48)50-40-15-7-2-8-16-40/h1-19,21-36,44,49-50H,20H2. The van der Waals surface area contributed by atoms with Crippen LogP contribution in [-0.4, -0.2) is 6.04 Å². The van der Waals surface area contributed by atoms with E-state index in [4.69, 9.17) is 0 Å². The molecule has 252 valence electrons. The van der Waals surface area contributed by atoms with Crippen LogP contribution in [0.15, 0.2) is 212 Å². The number of allylic oxidation sites excluding steroid dienone is 2. The summed E-state index contributed by atoms with van der Waals surface area (Å²) in [6.07, 6.45) is 9.76.